The van der Waals surface area contributed by atoms with Gasteiger partial charge in [0.1, 0.15) is 0 Å². The van der Waals surface area contributed by atoms with Gasteiger partial charge in [0.2, 0.25) is 5.95 Å². The van der Waals surface area contributed by atoms with Crippen LogP contribution < -0.4 is 11.5 Å². The minimum atomic E-state index is -0.343. The highest BCUT2D eigenvalue weighted by molar-refractivity contribution is 7.99. The van der Waals surface area contributed by atoms with Gasteiger partial charge in [0.15, 0.2) is 10.7 Å². The van der Waals surface area contributed by atoms with E-state index in [0.29, 0.717) is 23.8 Å². The number of rotatable bonds is 4. The summed E-state index contributed by atoms with van der Waals surface area (Å²) in [5, 5.41) is 8.47. The molecule has 2 N–H and O–H groups in total. The van der Waals surface area contributed by atoms with Crippen molar-refractivity contribution in [3.63, 3.8) is 0 Å². The van der Waals surface area contributed by atoms with Gasteiger partial charge in [-0.2, -0.15) is 0 Å². The number of hydrogen-bond acceptors (Lipinski definition) is 6. The van der Waals surface area contributed by atoms with E-state index < -0.39 is 0 Å². The summed E-state index contributed by atoms with van der Waals surface area (Å²) in [5.74, 6) is 0.706. The van der Waals surface area contributed by atoms with E-state index in [-0.39, 0.29) is 5.76 Å². The van der Waals surface area contributed by atoms with Crippen molar-refractivity contribution < 1.29 is 4.42 Å². The molecule has 0 unspecified atom stereocenters. The number of oxazole rings is 1. The molecule has 0 saturated heterocycles. The molecule has 0 bridgehead atoms. The Morgan fingerprint density at radius 1 is 1.35 bits per heavy atom. The fraction of sp³-hybridized carbons (Fsp3) is 0.250. The first-order valence-corrected chi connectivity index (χ1v) is 7.01. The number of anilines is 1. The van der Waals surface area contributed by atoms with Crippen LogP contribution in [0.15, 0.2) is 38.6 Å². The molecule has 8 heteroatoms. The maximum Gasteiger partial charge on any atom is 0.419 e. The van der Waals surface area contributed by atoms with E-state index in [9.17, 15) is 4.79 Å². The van der Waals surface area contributed by atoms with E-state index in [4.69, 9.17) is 10.2 Å². The average Bonchev–Trinajstić information content (AvgIpc) is 2.93. The lowest BCUT2D eigenvalue weighted by Gasteiger charge is -2.02. The third-order valence-electron chi connectivity index (χ3n) is 2.99. The van der Waals surface area contributed by atoms with Crippen LogP contribution in [0.25, 0.3) is 11.1 Å². The summed E-state index contributed by atoms with van der Waals surface area (Å²) >= 11 is 1.49. The Morgan fingerprint density at radius 2 is 2.15 bits per heavy atom. The molecule has 0 amide bonds. The first kappa shape index (κ1) is 12.8. The molecule has 0 aliphatic rings. The first-order valence-electron chi connectivity index (χ1n) is 6.03. The molecule has 2 aromatic heterocycles. The molecule has 104 valence electrons. The van der Waals surface area contributed by atoms with Gasteiger partial charge in [-0.05, 0) is 12.1 Å². The highest BCUT2D eigenvalue weighted by atomic mass is 32.2. The van der Waals surface area contributed by atoms with Gasteiger partial charge in [-0.25, -0.2) is 4.79 Å². The monoisotopic (exact) mass is 291 g/mol. The Hall–Kier alpha value is -2.22. The van der Waals surface area contributed by atoms with Gasteiger partial charge >= 0.3 is 5.76 Å². The van der Waals surface area contributed by atoms with Gasteiger partial charge in [0.25, 0.3) is 0 Å². The van der Waals surface area contributed by atoms with Crippen LogP contribution in [-0.2, 0) is 13.6 Å². The standard InChI is InChI=1S/C12H13N5O2S/c1-16-10(13)14-15-11(16)20-7-6-17-8-4-2-3-5-9(8)19-12(17)18/h2-5H,6-7H2,1H3,(H2,13,14). The Morgan fingerprint density at radius 3 is 2.90 bits per heavy atom. The van der Waals surface area contributed by atoms with Crippen LogP contribution in [0.1, 0.15) is 0 Å². The molecule has 0 radical (unpaired) electrons. The highest BCUT2D eigenvalue weighted by Crippen LogP contribution is 2.18. The van der Waals surface area contributed by atoms with E-state index in [1.165, 1.54) is 11.8 Å². The number of nitrogens with two attached hydrogens (primary N) is 1. The summed E-state index contributed by atoms with van der Waals surface area (Å²) in [6, 6.07) is 7.37. The molecular formula is C12H13N5O2S. The number of thioether (sulfide) groups is 1. The minimum Gasteiger partial charge on any atom is -0.408 e. The van der Waals surface area contributed by atoms with E-state index in [1.54, 1.807) is 22.2 Å². The number of hydrogen-bond donors (Lipinski definition) is 1. The summed E-state index contributed by atoms with van der Waals surface area (Å²) in [6.07, 6.45) is 0. The molecule has 3 aromatic rings. The second-order valence-corrected chi connectivity index (χ2v) is 5.30. The Labute approximate surface area is 118 Å². The normalized spacial score (nSPS) is 11.2. The third kappa shape index (κ3) is 2.18. The molecule has 0 aliphatic heterocycles. The average molecular weight is 291 g/mol. The zero-order valence-electron chi connectivity index (χ0n) is 10.8. The van der Waals surface area contributed by atoms with Crippen molar-refractivity contribution >= 4 is 28.8 Å². The fourth-order valence-electron chi connectivity index (χ4n) is 1.91. The van der Waals surface area contributed by atoms with Gasteiger partial charge < -0.3 is 10.2 Å². The van der Waals surface area contributed by atoms with Gasteiger partial charge in [-0.1, -0.05) is 23.9 Å². The van der Waals surface area contributed by atoms with Crippen LogP contribution in [0.4, 0.5) is 5.95 Å². The summed E-state index contributed by atoms with van der Waals surface area (Å²) < 4.78 is 8.50. The van der Waals surface area contributed by atoms with Gasteiger partial charge in [0.05, 0.1) is 5.52 Å². The van der Waals surface area contributed by atoms with Crippen molar-refractivity contribution in [2.45, 2.75) is 11.7 Å². The number of para-hydroxylation sites is 2. The molecule has 0 saturated carbocycles. The smallest absolute Gasteiger partial charge is 0.408 e. The van der Waals surface area contributed by atoms with Gasteiger partial charge in [-0.15, -0.1) is 10.2 Å². The Kier molecular flexibility index (Phi) is 3.23. The van der Waals surface area contributed by atoms with Crippen molar-refractivity contribution in [2.24, 2.45) is 7.05 Å². The van der Waals surface area contributed by atoms with Crippen molar-refractivity contribution in [3.8, 4) is 0 Å². The van der Waals surface area contributed by atoms with Crippen LogP contribution in [0, 0.1) is 0 Å². The molecule has 0 aliphatic carbocycles. The Bertz CT molecular complexity index is 804. The fourth-order valence-corrected chi connectivity index (χ4v) is 2.75. The van der Waals surface area contributed by atoms with Crippen molar-refractivity contribution in [2.75, 3.05) is 11.5 Å². The van der Waals surface area contributed by atoms with Crippen LogP contribution in [0.2, 0.25) is 0 Å². The molecular weight excluding hydrogens is 278 g/mol. The maximum absolute atomic E-state index is 11.8. The van der Waals surface area contributed by atoms with Crippen LogP contribution >= 0.6 is 11.8 Å². The molecule has 1 aromatic carbocycles. The molecule has 7 nitrogen and oxygen atoms in total. The van der Waals surface area contributed by atoms with E-state index in [1.807, 2.05) is 18.2 Å². The molecule has 0 fully saturated rings. The zero-order chi connectivity index (χ0) is 14.1. The molecule has 0 atom stereocenters. The highest BCUT2D eigenvalue weighted by Gasteiger charge is 2.10. The number of fused-ring (bicyclic) bond motifs is 1. The number of benzene rings is 1. The van der Waals surface area contributed by atoms with Crippen molar-refractivity contribution in [3.05, 3.63) is 34.8 Å². The number of aromatic nitrogens is 4. The molecule has 20 heavy (non-hydrogen) atoms. The predicted molar refractivity (Wildman–Crippen MR) is 76.6 cm³/mol. The van der Waals surface area contributed by atoms with Crippen molar-refractivity contribution in [1.29, 1.82) is 0 Å². The summed E-state index contributed by atoms with van der Waals surface area (Å²) in [6.45, 7) is 0.535. The SMILES string of the molecule is Cn1c(N)nnc1SCCn1c(=O)oc2ccccc21. The van der Waals surface area contributed by atoms with Crippen molar-refractivity contribution in [1.82, 2.24) is 19.3 Å². The Balaban J connectivity index is 1.76. The zero-order valence-corrected chi connectivity index (χ0v) is 11.6. The molecule has 2 heterocycles. The van der Waals surface area contributed by atoms with Gasteiger partial charge in [0, 0.05) is 19.3 Å². The lowest BCUT2D eigenvalue weighted by Crippen LogP contribution is -2.15. The van der Waals surface area contributed by atoms with Crippen LogP contribution in [-0.4, -0.2) is 25.1 Å². The van der Waals surface area contributed by atoms with E-state index >= 15 is 0 Å². The largest absolute Gasteiger partial charge is 0.419 e. The quantitative estimate of drug-likeness (QED) is 0.724. The van der Waals surface area contributed by atoms with Crippen LogP contribution in [0.3, 0.4) is 0 Å². The number of nitrogens with zero attached hydrogens (tertiary/aromatic N) is 4. The summed E-state index contributed by atoms with van der Waals surface area (Å²) in [5.41, 5.74) is 7.01. The predicted octanol–water partition coefficient (Wildman–Crippen LogP) is 1.10. The first-order chi connectivity index (χ1) is 9.66. The number of nitrogen functional groups attached to an aromatic ring is 1. The van der Waals surface area contributed by atoms with Gasteiger partial charge in [-0.3, -0.25) is 9.13 Å². The minimum absolute atomic E-state index is 0.343. The lowest BCUT2D eigenvalue weighted by atomic mass is 10.3. The van der Waals surface area contributed by atoms with E-state index in [0.717, 1.165) is 10.7 Å². The van der Waals surface area contributed by atoms with E-state index in [2.05, 4.69) is 10.2 Å². The second-order valence-electron chi connectivity index (χ2n) is 4.24. The third-order valence-corrected chi connectivity index (χ3v) is 3.99. The summed E-state index contributed by atoms with van der Waals surface area (Å²) in [7, 11) is 1.80. The topological polar surface area (TPSA) is 91.9 Å². The molecule has 3 rings (SSSR count). The maximum atomic E-state index is 11.8. The molecule has 0 spiro atoms. The summed E-state index contributed by atoms with van der Waals surface area (Å²) in [4.78, 5) is 11.8. The second kappa shape index (κ2) is 5.04. The number of aryl methyl sites for hydroxylation is 1. The van der Waals surface area contributed by atoms with Crippen LogP contribution in [0.5, 0.6) is 0 Å². The lowest BCUT2D eigenvalue weighted by molar-refractivity contribution is 0.514.